The van der Waals surface area contributed by atoms with Crippen molar-refractivity contribution in [3.05, 3.63) is 63.3 Å². The van der Waals surface area contributed by atoms with Crippen LogP contribution in [0.1, 0.15) is 17.8 Å². The fourth-order valence-electron chi connectivity index (χ4n) is 2.31. The quantitative estimate of drug-likeness (QED) is 0.622. The molecule has 140 valence electrons. The lowest BCUT2D eigenvalue weighted by atomic mass is 10.2. The van der Waals surface area contributed by atoms with Crippen LogP contribution in [0.5, 0.6) is 0 Å². The SMILES string of the molecule is C[C@@H](NC(=O)COC(=O)Cn1nc(-c2ccccc2)oc1=O)c1cccs1. The molecule has 0 unspecified atom stereocenters. The number of aromatic nitrogens is 2. The molecule has 0 aliphatic rings. The predicted molar refractivity (Wildman–Crippen MR) is 98.0 cm³/mol. The molecule has 1 aromatic carbocycles. The number of benzene rings is 1. The molecule has 9 heteroatoms. The third-order valence-corrected chi connectivity index (χ3v) is 4.67. The number of thiophene rings is 1. The van der Waals surface area contributed by atoms with Crippen LogP contribution < -0.4 is 11.1 Å². The molecule has 1 N–H and O–H groups in total. The Labute approximate surface area is 158 Å². The average Bonchev–Trinajstić information content (AvgIpc) is 3.31. The van der Waals surface area contributed by atoms with Gasteiger partial charge in [-0.1, -0.05) is 24.3 Å². The highest BCUT2D eigenvalue weighted by Gasteiger charge is 2.16. The molecule has 0 radical (unpaired) electrons. The summed E-state index contributed by atoms with van der Waals surface area (Å²) in [7, 11) is 0. The molecule has 0 saturated heterocycles. The van der Waals surface area contributed by atoms with Gasteiger partial charge in [0.2, 0.25) is 5.89 Å². The zero-order chi connectivity index (χ0) is 19.2. The Hall–Kier alpha value is -3.20. The third kappa shape index (κ3) is 4.91. The second kappa shape index (κ2) is 8.45. The van der Waals surface area contributed by atoms with Gasteiger partial charge in [-0.3, -0.25) is 9.59 Å². The molecule has 0 spiro atoms. The highest BCUT2D eigenvalue weighted by molar-refractivity contribution is 7.10. The first kappa shape index (κ1) is 18.6. The second-order valence-corrected chi connectivity index (χ2v) is 6.64. The van der Waals surface area contributed by atoms with E-state index in [-0.39, 0.29) is 11.9 Å². The van der Waals surface area contributed by atoms with Gasteiger partial charge in [0, 0.05) is 10.4 Å². The maximum Gasteiger partial charge on any atom is 0.437 e. The summed E-state index contributed by atoms with van der Waals surface area (Å²) in [5, 5.41) is 8.61. The molecule has 0 bridgehead atoms. The van der Waals surface area contributed by atoms with Gasteiger partial charge < -0.3 is 14.5 Å². The summed E-state index contributed by atoms with van der Waals surface area (Å²) in [6, 6.07) is 12.4. The van der Waals surface area contributed by atoms with Gasteiger partial charge in [0.05, 0.1) is 6.04 Å². The Balaban J connectivity index is 1.51. The Bertz CT molecular complexity index is 963. The third-order valence-electron chi connectivity index (χ3n) is 3.62. The Morgan fingerprint density at radius 1 is 1.26 bits per heavy atom. The minimum absolute atomic E-state index is 0.107. The second-order valence-electron chi connectivity index (χ2n) is 5.66. The smallest absolute Gasteiger partial charge is 0.437 e. The molecule has 0 aliphatic carbocycles. The molecule has 2 heterocycles. The molecule has 8 nitrogen and oxygen atoms in total. The number of carbonyl (C=O) groups is 2. The number of hydrogen-bond donors (Lipinski definition) is 1. The van der Waals surface area contributed by atoms with Crippen LogP contribution >= 0.6 is 11.3 Å². The highest BCUT2D eigenvalue weighted by atomic mass is 32.1. The fourth-order valence-corrected chi connectivity index (χ4v) is 3.04. The van der Waals surface area contributed by atoms with E-state index in [9.17, 15) is 14.4 Å². The zero-order valence-electron chi connectivity index (χ0n) is 14.5. The lowest BCUT2D eigenvalue weighted by molar-refractivity contribution is -0.149. The van der Waals surface area contributed by atoms with Crippen molar-refractivity contribution in [2.24, 2.45) is 0 Å². The molecule has 3 rings (SSSR count). The van der Waals surface area contributed by atoms with Crippen molar-refractivity contribution < 1.29 is 18.7 Å². The lowest BCUT2D eigenvalue weighted by Gasteiger charge is -2.12. The average molecular weight is 387 g/mol. The Kier molecular flexibility index (Phi) is 5.82. The topological polar surface area (TPSA) is 103 Å². The number of hydrogen-bond acceptors (Lipinski definition) is 7. The van der Waals surface area contributed by atoms with E-state index in [1.807, 2.05) is 30.5 Å². The van der Waals surface area contributed by atoms with Gasteiger partial charge in [0.15, 0.2) is 6.61 Å². The van der Waals surface area contributed by atoms with Crippen LogP contribution in [0, 0.1) is 0 Å². The minimum Gasteiger partial charge on any atom is -0.454 e. The molecule has 0 aliphatic heterocycles. The molecule has 2 aromatic heterocycles. The van der Waals surface area contributed by atoms with Gasteiger partial charge in [0.25, 0.3) is 5.91 Å². The Morgan fingerprint density at radius 2 is 2.04 bits per heavy atom. The summed E-state index contributed by atoms with van der Waals surface area (Å²) in [5.41, 5.74) is 0.614. The van der Waals surface area contributed by atoms with Crippen molar-refractivity contribution in [3.63, 3.8) is 0 Å². The molecule has 0 fully saturated rings. The first-order valence-corrected chi connectivity index (χ1v) is 9.02. The monoisotopic (exact) mass is 387 g/mol. The van der Waals surface area contributed by atoms with Crippen LogP contribution in [0.4, 0.5) is 0 Å². The molecule has 0 saturated carbocycles. The summed E-state index contributed by atoms with van der Waals surface area (Å²) in [6.45, 7) is 0.960. The van der Waals surface area contributed by atoms with Crippen molar-refractivity contribution in [1.82, 2.24) is 15.1 Å². The Morgan fingerprint density at radius 3 is 2.74 bits per heavy atom. The highest BCUT2D eigenvalue weighted by Crippen LogP contribution is 2.17. The van der Waals surface area contributed by atoms with Crippen molar-refractivity contribution in [3.8, 4) is 11.5 Å². The van der Waals surface area contributed by atoms with Crippen molar-refractivity contribution in [2.75, 3.05) is 6.61 Å². The molecule has 1 amide bonds. The van der Waals surface area contributed by atoms with E-state index in [2.05, 4.69) is 10.4 Å². The fraction of sp³-hybridized carbons (Fsp3) is 0.222. The number of carbonyl (C=O) groups excluding carboxylic acids is 2. The number of nitrogens with zero attached hydrogens (tertiary/aromatic N) is 2. The standard InChI is InChI=1S/C18H17N3O5S/c1-12(14-8-5-9-27-14)19-15(22)11-25-16(23)10-21-18(24)26-17(20-21)13-6-3-2-4-7-13/h2-9,12H,10-11H2,1H3,(H,19,22)/t12-/m1/s1. The predicted octanol–water partition coefficient (Wildman–Crippen LogP) is 1.99. The molecular weight excluding hydrogens is 370 g/mol. The molecule has 27 heavy (non-hydrogen) atoms. The number of esters is 1. The van der Waals surface area contributed by atoms with E-state index in [1.165, 1.54) is 11.3 Å². The van der Waals surface area contributed by atoms with Gasteiger partial charge in [-0.2, -0.15) is 4.68 Å². The first-order valence-electron chi connectivity index (χ1n) is 8.14. The number of ether oxygens (including phenoxy) is 1. The summed E-state index contributed by atoms with van der Waals surface area (Å²) in [4.78, 5) is 36.6. The first-order chi connectivity index (χ1) is 13.0. The number of rotatable bonds is 7. The zero-order valence-corrected chi connectivity index (χ0v) is 15.3. The van der Waals surface area contributed by atoms with Crippen LogP contribution in [0.2, 0.25) is 0 Å². The van der Waals surface area contributed by atoms with E-state index < -0.39 is 30.8 Å². The van der Waals surface area contributed by atoms with Gasteiger partial charge in [-0.25, -0.2) is 4.79 Å². The van der Waals surface area contributed by atoms with E-state index >= 15 is 0 Å². The summed E-state index contributed by atoms with van der Waals surface area (Å²) < 4.78 is 10.8. The minimum atomic E-state index is -0.776. The summed E-state index contributed by atoms with van der Waals surface area (Å²) >= 11 is 1.52. The summed E-state index contributed by atoms with van der Waals surface area (Å²) in [5.74, 6) is -1.86. The van der Waals surface area contributed by atoms with Crippen LogP contribution in [-0.2, 0) is 20.9 Å². The summed E-state index contributed by atoms with van der Waals surface area (Å²) in [6.07, 6.45) is 0. The van der Waals surface area contributed by atoms with E-state index in [1.54, 1.807) is 24.3 Å². The van der Waals surface area contributed by atoms with Crippen LogP contribution in [0.25, 0.3) is 11.5 Å². The van der Waals surface area contributed by atoms with E-state index in [0.29, 0.717) is 5.56 Å². The van der Waals surface area contributed by atoms with Crippen molar-refractivity contribution in [1.29, 1.82) is 0 Å². The van der Waals surface area contributed by atoms with Crippen LogP contribution in [0.3, 0.4) is 0 Å². The van der Waals surface area contributed by atoms with Crippen molar-refractivity contribution in [2.45, 2.75) is 19.5 Å². The van der Waals surface area contributed by atoms with Gasteiger partial charge in [-0.05, 0) is 30.5 Å². The van der Waals surface area contributed by atoms with E-state index in [4.69, 9.17) is 9.15 Å². The van der Waals surface area contributed by atoms with Crippen LogP contribution in [-0.4, -0.2) is 28.3 Å². The largest absolute Gasteiger partial charge is 0.454 e. The van der Waals surface area contributed by atoms with Crippen LogP contribution in [0.15, 0.2) is 57.1 Å². The normalized spacial score (nSPS) is 11.7. The van der Waals surface area contributed by atoms with Gasteiger partial charge >= 0.3 is 11.7 Å². The molecular formula is C18H17N3O5S. The maximum absolute atomic E-state index is 11.9. The van der Waals surface area contributed by atoms with E-state index in [0.717, 1.165) is 9.56 Å². The van der Waals surface area contributed by atoms with Gasteiger partial charge in [-0.15, -0.1) is 16.4 Å². The molecule has 1 atom stereocenters. The number of nitrogens with one attached hydrogen (secondary N) is 1. The lowest BCUT2D eigenvalue weighted by Crippen LogP contribution is -2.32. The maximum atomic E-state index is 11.9. The van der Waals surface area contributed by atoms with Crippen molar-refractivity contribution >= 4 is 23.2 Å². The van der Waals surface area contributed by atoms with Gasteiger partial charge in [0.1, 0.15) is 6.54 Å². The number of amides is 1. The molecule has 3 aromatic rings.